The molecule has 4 amide bonds. The van der Waals surface area contributed by atoms with Crippen molar-refractivity contribution in [3.8, 4) is 0 Å². The number of benzene rings is 2. The van der Waals surface area contributed by atoms with Gasteiger partial charge < -0.3 is 30.9 Å². The van der Waals surface area contributed by atoms with Crippen LogP contribution in [0.15, 0.2) is 60.9 Å². The van der Waals surface area contributed by atoms with Crippen LogP contribution in [0.1, 0.15) is 57.1 Å². The zero-order valence-electron chi connectivity index (χ0n) is 27.4. The second-order valence-corrected chi connectivity index (χ2v) is 12.9. The Hall–Kier alpha value is -5.13. The van der Waals surface area contributed by atoms with Gasteiger partial charge in [0, 0.05) is 54.6 Å². The van der Waals surface area contributed by atoms with Gasteiger partial charge in [0.05, 0.1) is 5.52 Å². The maximum atomic E-state index is 14.0. The first kappa shape index (κ1) is 34.2. The van der Waals surface area contributed by atoms with Crippen molar-refractivity contribution in [2.24, 2.45) is 5.92 Å². The molecule has 2 aromatic carbocycles. The smallest absolute Gasteiger partial charge is 0.326 e. The first-order chi connectivity index (χ1) is 23.1. The van der Waals surface area contributed by atoms with Crippen molar-refractivity contribution < 1.29 is 29.1 Å². The first-order valence-electron chi connectivity index (χ1n) is 16.6. The van der Waals surface area contributed by atoms with Crippen LogP contribution in [0.2, 0.25) is 0 Å². The lowest BCUT2D eigenvalue weighted by atomic mass is 10.00. The molecule has 12 nitrogen and oxygen atoms in total. The van der Waals surface area contributed by atoms with Gasteiger partial charge in [0.15, 0.2) is 0 Å². The van der Waals surface area contributed by atoms with Gasteiger partial charge in [-0.15, -0.1) is 0 Å². The van der Waals surface area contributed by atoms with Crippen molar-refractivity contribution in [2.75, 3.05) is 13.1 Å². The number of fused-ring (bicyclic) bond motifs is 2. The van der Waals surface area contributed by atoms with Crippen LogP contribution in [-0.2, 0) is 32.0 Å². The second-order valence-electron chi connectivity index (χ2n) is 12.9. The summed E-state index contributed by atoms with van der Waals surface area (Å²) in [5.74, 6) is -2.41. The van der Waals surface area contributed by atoms with Crippen LogP contribution < -0.4 is 16.0 Å². The second kappa shape index (κ2) is 15.6. The number of H-pyrrole nitrogens is 1. The van der Waals surface area contributed by atoms with Gasteiger partial charge in [-0.05, 0) is 48.4 Å². The predicted molar refractivity (Wildman–Crippen MR) is 183 cm³/mol. The Morgan fingerprint density at radius 3 is 2.12 bits per heavy atom. The number of aliphatic carboxylic acids is 1. The highest BCUT2D eigenvalue weighted by Gasteiger charge is 2.32. The van der Waals surface area contributed by atoms with Crippen LogP contribution in [0.4, 0.5) is 4.79 Å². The van der Waals surface area contributed by atoms with E-state index in [0.29, 0.717) is 37.0 Å². The van der Waals surface area contributed by atoms with Crippen molar-refractivity contribution in [2.45, 2.75) is 76.9 Å². The first-order valence-corrected chi connectivity index (χ1v) is 16.6. The van der Waals surface area contributed by atoms with E-state index in [9.17, 15) is 29.1 Å². The Balaban J connectivity index is 1.41. The number of nitrogens with zero attached hydrogens (tertiary/aromatic N) is 2. The molecule has 254 valence electrons. The third-order valence-corrected chi connectivity index (χ3v) is 8.92. The number of carbonyl (C=O) groups excluding carboxylic acids is 4. The number of para-hydroxylation sites is 2. The van der Waals surface area contributed by atoms with Crippen molar-refractivity contribution in [3.63, 3.8) is 0 Å². The molecular formula is C36H44N6O6. The van der Waals surface area contributed by atoms with Gasteiger partial charge in [0.2, 0.25) is 18.2 Å². The molecule has 1 aliphatic heterocycles. The molecular weight excluding hydrogens is 612 g/mol. The Morgan fingerprint density at radius 1 is 0.812 bits per heavy atom. The number of rotatable bonds is 13. The Bertz CT molecular complexity index is 1770. The number of carbonyl (C=O) groups is 5. The quantitative estimate of drug-likeness (QED) is 0.137. The molecule has 0 bridgehead atoms. The highest BCUT2D eigenvalue weighted by atomic mass is 16.4. The predicted octanol–water partition coefficient (Wildman–Crippen LogP) is 4.00. The zero-order chi connectivity index (χ0) is 34.2. The SMILES string of the molecule is CC(C)C[C@H](NC(=O)N1CCCCCC1)C(=O)NC(Cc1cn(C=O)c2ccccc12)C(=O)N[C@H](Cc1c[nH]c2ccccc12)C(=O)O. The van der Waals surface area contributed by atoms with Crippen LogP contribution in [0.5, 0.6) is 0 Å². The van der Waals surface area contributed by atoms with E-state index in [4.69, 9.17) is 0 Å². The number of urea groups is 1. The molecule has 0 radical (unpaired) electrons. The minimum Gasteiger partial charge on any atom is -0.480 e. The summed E-state index contributed by atoms with van der Waals surface area (Å²) >= 11 is 0. The van der Waals surface area contributed by atoms with Crippen LogP contribution in [-0.4, -0.2) is 81.0 Å². The lowest BCUT2D eigenvalue weighted by Gasteiger charge is -2.28. The number of hydrogen-bond donors (Lipinski definition) is 5. The number of aromatic amines is 1. The summed E-state index contributed by atoms with van der Waals surface area (Å²) in [7, 11) is 0. The average molecular weight is 657 g/mol. The molecule has 48 heavy (non-hydrogen) atoms. The van der Waals surface area contributed by atoms with Crippen LogP contribution in [0.3, 0.4) is 0 Å². The van der Waals surface area contributed by atoms with Crippen LogP contribution >= 0.6 is 0 Å². The van der Waals surface area contributed by atoms with Crippen LogP contribution in [0.25, 0.3) is 21.8 Å². The van der Waals surface area contributed by atoms with Crippen molar-refractivity contribution in [1.29, 1.82) is 0 Å². The molecule has 4 aromatic rings. The monoisotopic (exact) mass is 656 g/mol. The number of nitrogens with one attached hydrogen (secondary N) is 4. The van der Waals surface area contributed by atoms with E-state index < -0.39 is 35.9 Å². The van der Waals surface area contributed by atoms with Gasteiger partial charge in [0.1, 0.15) is 18.1 Å². The third kappa shape index (κ3) is 8.23. The molecule has 5 N–H and O–H groups in total. The summed E-state index contributed by atoms with van der Waals surface area (Å²) in [6.07, 6.45) is 8.22. The number of amides is 4. The maximum absolute atomic E-state index is 14.0. The fourth-order valence-corrected chi connectivity index (χ4v) is 6.44. The minimum absolute atomic E-state index is 0.0120. The van der Waals surface area contributed by atoms with Gasteiger partial charge in [0.25, 0.3) is 0 Å². The molecule has 1 unspecified atom stereocenters. The molecule has 3 atom stereocenters. The Morgan fingerprint density at radius 2 is 1.44 bits per heavy atom. The Kier molecular flexibility index (Phi) is 11.1. The lowest BCUT2D eigenvalue weighted by molar-refractivity contribution is -0.142. The molecule has 2 aromatic heterocycles. The normalized spacial score (nSPS) is 15.4. The summed E-state index contributed by atoms with van der Waals surface area (Å²) in [6, 6.07) is 10.9. The van der Waals surface area contributed by atoms with Crippen molar-refractivity contribution in [1.82, 2.24) is 30.4 Å². The summed E-state index contributed by atoms with van der Waals surface area (Å²) in [5, 5.41) is 20.1. The van der Waals surface area contributed by atoms with E-state index in [1.54, 1.807) is 29.4 Å². The summed E-state index contributed by atoms with van der Waals surface area (Å²) < 4.78 is 1.40. The molecule has 0 spiro atoms. The summed E-state index contributed by atoms with van der Waals surface area (Å²) in [4.78, 5) is 70.3. The molecule has 1 aliphatic rings. The minimum atomic E-state index is -1.29. The maximum Gasteiger partial charge on any atom is 0.326 e. The summed E-state index contributed by atoms with van der Waals surface area (Å²) in [6.45, 7) is 5.11. The largest absolute Gasteiger partial charge is 0.480 e. The number of aromatic nitrogens is 2. The van der Waals surface area contributed by atoms with Gasteiger partial charge in [-0.3, -0.25) is 19.0 Å². The zero-order valence-corrected chi connectivity index (χ0v) is 27.4. The topological polar surface area (TPSA) is 166 Å². The van der Waals surface area contributed by atoms with E-state index in [1.807, 2.05) is 50.2 Å². The van der Waals surface area contributed by atoms with E-state index in [-0.39, 0.29) is 24.8 Å². The standard InChI is InChI=1S/C36H44N6O6/c1-23(2)17-29(40-36(48)41-15-9-3-4-10-16-41)33(44)38-30(19-25-21-42(22-43)32-14-8-6-12-27(25)32)34(45)39-31(35(46)47)18-24-20-37-28-13-7-5-11-26(24)28/h5-8,11-14,20-23,29-31,37H,3-4,9-10,15-19H2,1-2H3,(H,38,44)(H,39,45)(H,40,48)(H,46,47)/t29-,30?,31+/m0/s1. The average Bonchev–Trinajstić information content (AvgIpc) is 3.51. The van der Waals surface area contributed by atoms with E-state index >= 15 is 0 Å². The molecule has 5 rings (SSSR count). The highest BCUT2D eigenvalue weighted by molar-refractivity contribution is 5.95. The van der Waals surface area contributed by atoms with E-state index in [2.05, 4.69) is 20.9 Å². The van der Waals surface area contributed by atoms with Crippen molar-refractivity contribution >= 4 is 52.0 Å². The molecule has 0 aliphatic carbocycles. The number of hydrogen-bond acceptors (Lipinski definition) is 5. The highest BCUT2D eigenvalue weighted by Crippen LogP contribution is 2.23. The molecule has 3 heterocycles. The fraction of sp³-hybridized carbons (Fsp3) is 0.417. The molecule has 12 heteroatoms. The summed E-state index contributed by atoms with van der Waals surface area (Å²) in [5.41, 5.74) is 2.83. The van der Waals surface area contributed by atoms with Crippen molar-refractivity contribution in [3.05, 3.63) is 72.1 Å². The molecule has 0 saturated carbocycles. The van der Waals surface area contributed by atoms with E-state index in [1.165, 1.54) is 4.57 Å². The van der Waals surface area contributed by atoms with Gasteiger partial charge >= 0.3 is 12.0 Å². The van der Waals surface area contributed by atoms with Gasteiger partial charge in [-0.25, -0.2) is 9.59 Å². The van der Waals surface area contributed by atoms with E-state index in [0.717, 1.165) is 47.5 Å². The number of carboxylic acids is 1. The van der Waals surface area contributed by atoms with Gasteiger partial charge in [-0.2, -0.15) is 0 Å². The lowest BCUT2D eigenvalue weighted by Crippen LogP contribution is -2.58. The van der Waals surface area contributed by atoms with Crippen LogP contribution in [0, 0.1) is 5.92 Å². The number of likely N-dealkylation sites (tertiary alicyclic amines) is 1. The Labute approximate surface area is 279 Å². The number of carboxylic acid groups (broad SMARTS) is 1. The fourth-order valence-electron chi connectivity index (χ4n) is 6.44. The third-order valence-electron chi connectivity index (χ3n) is 8.92. The molecule has 1 fully saturated rings. The van der Waals surface area contributed by atoms with Gasteiger partial charge in [-0.1, -0.05) is 63.1 Å². The molecule has 1 saturated heterocycles.